The number of benzene rings is 1. The molecule has 27 heavy (non-hydrogen) atoms. The zero-order valence-corrected chi connectivity index (χ0v) is 17.0. The molecule has 1 saturated heterocycles. The molecule has 146 valence electrons. The van der Waals surface area contributed by atoms with Gasteiger partial charge in [0.15, 0.2) is 16.7 Å². The van der Waals surface area contributed by atoms with E-state index in [0.717, 1.165) is 0 Å². The lowest BCUT2D eigenvalue weighted by molar-refractivity contribution is -0.385. The molecule has 1 aliphatic heterocycles. The van der Waals surface area contributed by atoms with E-state index in [0.29, 0.717) is 15.8 Å². The van der Waals surface area contributed by atoms with Crippen LogP contribution < -0.4 is 9.47 Å². The van der Waals surface area contributed by atoms with Gasteiger partial charge in [-0.05, 0) is 51.6 Å². The van der Waals surface area contributed by atoms with Crippen LogP contribution in [0, 0.1) is 10.1 Å². The molecular weight excluding hydrogens is 370 g/mol. The third-order valence-electron chi connectivity index (χ3n) is 3.74. The summed E-state index contributed by atoms with van der Waals surface area (Å²) in [6.07, 6.45) is 1.51. The largest absolute Gasteiger partial charge is 0.493 e. The summed E-state index contributed by atoms with van der Waals surface area (Å²) in [5.74, 6) is 0.378. The third kappa shape index (κ3) is 4.41. The molecule has 0 aromatic heterocycles. The first kappa shape index (κ1) is 20.8. The highest BCUT2D eigenvalue weighted by atomic mass is 32.2. The van der Waals surface area contributed by atoms with Crippen molar-refractivity contribution >= 4 is 34.6 Å². The lowest BCUT2D eigenvalue weighted by Crippen LogP contribution is -2.35. The number of carbonyl (C=O) groups is 1. The van der Waals surface area contributed by atoms with Crippen molar-refractivity contribution in [2.75, 3.05) is 14.2 Å². The Kier molecular flexibility index (Phi) is 6.48. The fourth-order valence-corrected chi connectivity index (χ4v) is 3.78. The van der Waals surface area contributed by atoms with Crippen LogP contribution in [-0.2, 0) is 4.79 Å². The van der Waals surface area contributed by atoms with Gasteiger partial charge < -0.3 is 9.47 Å². The lowest BCUT2D eigenvalue weighted by Gasteiger charge is -2.20. The fourth-order valence-electron chi connectivity index (χ4n) is 2.55. The summed E-state index contributed by atoms with van der Waals surface area (Å²) in [5.41, 5.74) is 0.0990. The molecule has 0 unspecified atom stereocenters. The maximum absolute atomic E-state index is 12.8. The Bertz CT molecular complexity index is 817. The predicted octanol–water partition coefficient (Wildman–Crippen LogP) is 3.70. The summed E-state index contributed by atoms with van der Waals surface area (Å²) in [6, 6.07) is 2.73. The van der Waals surface area contributed by atoms with Crippen LogP contribution in [0.4, 0.5) is 5.69 Å². The number of rotatable bonds is 6. The second-order valence-electron chi connectivity index (χ2n) is 6.41. The van der Waals surface area contributed by atoms with Gasteiger partial charge in [0.05, 0.1) is 35.7 Å². The standard InChI is InChI=1S/C18H23N3O5S/c1-10(2)19-18-20(11(3)4)17(22)16(27-18)8-12-7-14(25-5)15(26-6)9-13(12)21(23)24/h7-11H,1-6H3/b16-8+,19-18?. The molecule has 9 heteroatoms. The van der Waals surface area contributed by atoms with E-state index in [1.54, 1.807) is 4.90 Å². The summed E-state index contributed by atoms with van der Waals surface area (Å²) in [7, 11) is 2.86. The number of nitro groups is 1. The van der Waals surface area contributed by atoms with E-state index in [9.17, 15) is 14.9 Å². The second kappa shape index (κ2) is 8.43. The first-order valence-corrected chi connectivity index (χ1v) is 9.22. The van der Waals surface area contributed by atoms with Gasteiger partial charge in [-0.25, -0.2) is 0 Å². The summed E-state index contributed by atoms with van der Waals surface area (Å²) in [5, 5.41) is 12.1. The van der Waals surface area contributed by atoms with Gasteiger partial charge in [-0.1, -0.05) is 0 Å². The van der Waals surface area contributed by atoms with Gasteiger partial charge in [0.25, 0.3) is 11.6 Å². The Hall–Kier alpha value is -2.55. The maximum Gasteiger partial charge on any atom is 0.280 e. The number of amidine groups is 1. The first-order valence-electron chi connectivity index (χ1n) is 8.40. The highest BCUT2D eigenvalue weighted by Crippen LogP contribution is 2.39. The van der Waals surface area contributed by atoms with Crippen LogP contribution in [0.1, 0.15) is 33.3 Å². The van der Waals surface area contributed by atoms with Crippen LogP contribution in [0.25, 0.3) is 6.08 Å². The van der Waals surface area contributed by atoms with Crippen LogP contribution in [-0.4, -0.2) is 47.2 Å². The van der Waals surface area contributed by atoms with Crippen molar-refractivity contribution in [2.24, 2.45) is 4.99 Å². The van der Waals surface area contributed by atoms with Gasteiger partial charge in [0, 0.05) is 12.1 Å². The van der Waals surface area contributed by atoms with Crippen LogP contribution in [0.2, 0.25) is 0 Å². The average Bonchev–Trinajstić information content (AvgIpc) is 2.88. The average molecular weight is 393 g/mol. The van der Waals surface area contributed by atoms with Crippen molar-refractivity contribution < 1.29 is 19.2 Å². The molecule has 0 spiro atoms. The summed E-state index contributed by atoms with van der Waals surface area (Å²) < 4.78 is 10.4. The minimum atomic E-state index is -0.512. The second-order valence-corrected chi connectivity index (χ2v) is 7.42. The number of hydrogen-bond donors (Lipinski definition) is 0. The zero-order valence-electron chi connectivity index (χ0n) is 16.2. The van der Waals surface area contributed by atoms with E-state index in [-0.39, 0.29) is 35.0 Å². The number of aliphatic imine (C=N–C) groups is 1. The van der Waals surface area contributed by atoms with E-state index >= 15 is 0 Å². The smallest absolute Gasteiger partial charge is 0.280 e. The number of hydrogen-bond acceptors (Lipinski definition) is 7. The van der Waals surface area contributed by atoms with Gasteiger partial charge in [0.2, 0.25) is 0 Å². The molecule has 0 saturated carbocycles. The molecule has 8 nitrogen and oxygen atoms in total. The zero-order chi connectivity index (χ0) is 20.3. The number of ether oxygens (including phenoxy) is 2. The van der Waals surface area contributed by atoms with Crippen molar-refractivity contribution in [2.45, 2.75) is 39.8 Å². The molecule has 0 atom stereocenters. The maximum atomic E-state index is 12.8. The lowest BCUT2D eigenvalue weighted by atomic mass is 10.1. The molecule has 0 bridgehead atoms. The molecule has 0 aliphatic carbocycles. The Morgan fingerprint density at radius 1 is 1.19 bits per heavy atom. The summed E-state index contributed by atoms with van der Waals surface area (Å²) in [6.45, 7) is 7.65. The Labute approximate surface area is 162 Å². The first-order chi connectivity index (χ1) is 12.7. The molecule has 2 rings (SSSR count). The SMILES string of the molecule is COc1cc(/C=C2/SC(=NC(C)C)N(C(C)C)C2=O)c([N+](=O)[O-])cc1OC. The molecule has 1 aliphatic rings. The van der Waals surface area contributed by atoms with Gasteiger partial charge in [0.1, 0.15) is 0 Å². The Morgan fingerprint density at radius 3 is 2.26 bits per heavy atom. The van der Waals surface area contributed by atoms with Crippen LogP contribution in [0.15, 0.2) is 22.0 Å². The summed E-state index contributed by atoms with van der Waals surface area (Å²) >= 11 is 1.22. The molecule has 1 aromatic rings. The topological polar surface area (TPSA) is 94.3 Å². The van der Waals surface area contributed by atoms with Crippen molar-refractivity contribution in [3.8, 4) is 11.5 Å². The van der Waals surface area contributed by atoms with E-state index < -0.39 is 4.92 Å². The number of nitrogens with zero attached hydrogens (tertiary/aromatic N) is 3. The minimum Gasteiger partial charge on any atom is -0.493 e. The molecular formula is C18H23N3O5S. The van der Waals surface area contributed by atoms with Crippen LogP contribution in [0.3, 0.4) is 0 Å². The molecule has 0 N–H and O–H groups in total. The van der Waals surface area contributed by atoms with Gasteiger partial charge >= 0.3 is 0 Å². The van der Waals surface area contributed by atoms with E-state index in [4.69, 9.17) is 9.47 Å². The fraction of sp³-hybridized carbons (Fsp3) is 0.444. The third-order valence-corrected chi connectivity index (χ3v) is 4.74. The molecule has 1 amide bonds. The van der Waals surface area contributed by atoms with Crippen molar-refractivity contribution in [3.05, 3.63) is 32.7 Å². The van der Waals surface area contributed by atoms with Crippen LogP contribution >= 0.6 is 11.8 Å². The quantitative estimate of drug-likeness (QED) is 0.415. The van der Waals surface area contributed by atoms with E-state index in [2.05, 4.69) is 4.99 Å². The normalized spacial score (nSPS) is 17.5. The summed E-state index contributed by atoms with van der Waals surface area (Å²) in [4.78, 5) is 30.3. The van der Waals surface area contributed by atoms with E-state index in [1.165, 1.54) is 44.2 Å². The minimum absolute atomic E-state index is 0.0244. The monoisotopic (exact) mass is 393 g/mol. The van der Waals surface area contributed by atoms with Crippen molar-refractivity contribution in [1.82, 2.24) is 4.90 Å². The number of amides is 1. The molecule has 0 radical (unpaired) electrons. The number of nitro benzene ring substituents is 1. The number of methoxy groups -OCH3 is 2. The van der Waals surface area contributed by atoms with Gasteiger partial charge in [-0.15, -0.1) is 0 Å². The molecule has 1 aromatic carbocycles. The molecule has 1 fully saturated rings. The van der Waals surface area contributed by atoms with E-state index in [1.807, 2.05) is 27.7 Å². The number of carbonyl (C=O) groups excluding carboxylic acids is 1. The van der Waals surface area contributed by atoms with Gasteiger partial charge in [-0.3, -0.25) is 24.8 Å². The highest BCUT2D eigenvalue weighted by Gasteiger charge is 2.35. The Morgan fingerprint density at radius 2 is 1.78 bits per heavy atom. The van der Waals surface area contributed by atoms with Gasteiger partial charge in [-0.2, -0.15) is 0 Å². The van der Waals surface area contributed by atoms with Crippen LogP contribution in [0.5, 0.6) is 11.5 Å². The predicted molar refractivity (Wildman–Crippen MR) is 106 cm³/mol. The Balaban J connectivity index is 2.57. The number of thioether (sulfide) groups is 1. The van der Waals surface area contributed by atoms with Crippen molar-refractivity contribution in [3.63, 3.8) is 0 Å². The highest BCUT2D eigenvalue weighted by molar-refractivity contribution is 8.18. The molecule has 1 heterocycles. The van der Waals surface area contributed by atoms with Crippen molar-refractivity contribution in [1.29, 1.82) is 0 Å².